The topological polar surface area (TPSA) is 161 Å². The summed E-state index contributed by atoms with van der Waals surface area (Å²) in [5.41, 5.74) is 4.95. The fraction of sp³-hybridized carbons (Fsp3) is 1.00. The van der Waals surface area contributed by atoms with Gasteiger partial charge in [-0.25, -0.2) is 0 Å². The molecule has 0 aliphatic heterocycles. The van der Waals surface area contributed by atoms with Gasteiger partial charge in [0.15, 0.2) is 5.40 Å². The number of hydrogen-bond acceptors (Lipinski definition) is 4. The van der Waals surface area contributed by atoms with Crippen LogP contribution in [-0.4, -0.2) is 41.7 Å². The minimum Gasteiger partial charge on any atom is -0.391 e. The highest BCUT2D eigenvalue weighted by molar-refractivity contribution is 7.70. The zero-order valence-electron chi connectivity index (χ0n) is 10.4. The molecule has 0 bridgehead atoms. The van der Waals surface area contributed by atoms with Gasteiger partial charge in [0.1, 0.15) is 0 Å². The fourth-order valence-corrected chi connectivity index (χ4v) is 4.96. The molecule has 0 radical (unpaired) electrons. The molecule has 0 heterocycles. The van der Waals surface area contributed by atoms with Crippen LogP contribution in [-0.2, 0) is 9.13 Å². The standard InChI is InChI=1S/C9H21NO7P2/c10-9(4-2-1-3-5-9)7(11)6-8(18(12,13)14)19(15,16)17/h7-8,11H,1-6,10H2,(H2,12,13,14)(H2,15,16,17). The summed E-state index contributed by atoms with van der Waals surface area (Å²) in [6, 6.07) is 0. The maximum Gasteiger partial charge on any atom is 0.340 e. The molecule has 1 aliphatic carbocycles. The summed E-state index contributed by atoms with van der Waals surface area (Å²) in [5.74, 6) is 0. The van der Waals surface area contributed by atoms with E-state index in [-0.39, 0.29) is 0 Å². The number of rotatable bonds is 5. The second kappa shape index (κ2) is 5.92. The van der Waals surface area contributed by atoms with Crippen LogP contribution in [0.25, 0.3) is 0 Å². The Morgan fingerprint density at radius 2 is 1.42 bits per heavy atom. The number of hydrogen-bond donors (Lipinski definition) is 6. The number of aliphatic hydroxyl groups excluding tert-OH is 1. The molecule has 10 heteroatoms. The molecule has 0 amide bonds. The second-order valence-electron chi connectivity index (χ2n) is 5.20. The Balaban J connectivity index is 2.85. The highest BCUT2D eigenvalue weighted by atomic mass is 31.2. The molecule has 1 saturated carbocycles. The third kappa shape index (κ3) is 4.62. The molecule has 0 spiro atoms. The van der Waals surface area contributed by atoms with Crippen LogP contribution < -0.4 is 5.73 Å². The van der Waals surface area contributed by atoms with Crippen LogP contribution >= 0.6 is 15.2 Å². The predicted molar refractivity (Wildman–Crippen MR) is 68.5 cm³/mol. The van der Waals surface area contributed by atoms with Gasteiger partial charge in [0, 0.05) is 12.0 Å². The molecule has 1 aliphatic rings. The van der Waals surface area contributed by atoms with E-state index in [9.17, 15) is 14.2 Å². The first kappa shape index (κ1) is 17.3. The van der Waals surface area contributed by atoms with Crippen molar-refractivity contribution in [3.05, 3.63) is 0 Å². The highest BCUT2D eigenvalue weighted by Crippen LogP contribution is 2.62. The SMILES string of the molecule is NC1(C(O)CC(P(=O)(O)O)P(=O)(O)O)CCCCC1. The van der Waals surface area contributed by atoms with Crippen molar-refractivity contribution in [2.45, 2.75) is 55.6 Å². The zero-order valence-corrected chi connectivity index (χ0v) is 12.2. The summed E-state index contributed by atoms with van der Waals surface area (Å²) >= 11 is 0. The first-order chi connectivity index (χ1) is 8.47. The Labute approximate surface area is 111 Å². The first-order valence-electron chi connectivity index (χ1n) is 6.04. The van der Waals surface area contributed by atoms with Crippen LogP contribution in [0.5, 0.6) is 0 Å². The van der Waals surface area contributed by atoms with Gasteiger partial charge in [0.05, 0.1) is 6.10 Å². The molecule has 8 nitrogen and oxygen atoms in total. The molecule has 7 N–H and O–H groups in total. The first-order valence-corrected chi connectivity index (χ1v) is 9.40. The second-order valence-corrected chi connectivity index (χ2v) is 9.21. The molecule has 0 saturated heterocycles. The van der Waals surface area contributed by atoms with Gasteiger partial charge in [-0.1, -0.05) is 19.3 Å². The molecular weight excluding hydrogens is 296 g/mol. The molecule has 1 atom stereocenters. The van der Waals surface area contributed by atoms with Gasteiger partial charge in [-0.15, -0.1) is 0 Å². The van der Waals surface area contributed by atoms with Crippen LogP contribution in [0.2, 0.25) is 0 Å². The fourth-order valence-electron chi connectivity index (χ4n) is 2.45. The molecule has 19 heavy (non-hydrogen) atoms. The van der Waals surface area contributed by atoms with Crippen LogP contribution in [0.15, 0.2) is 0 Å². The Kier molecular flexibility index (Phi) is 5.38. The van der Waals surface area contributed by atoms with Crippen molar-refractivity contribution in [2.24, 2.45) is 5.73 Å². The van der Waals surface area contributed by atoms with Crippen molar-refractivity contribution in [2.75, 3.05) is 0 Å². The summed E-state index contributed by atoms with van der Waals surface area (Å²) in [6.07, 6.45) is 1.43. The molecule has 0 aromatic heterocycles. The Hall–Kier alpha value is 0.220. The van der Waals surface area contributed by atoms with Gasteiger partial charge in [-0.2, -0.15) is 0 Å². The van der Waals surface area contributed by atoms with Crippen molar-refractivity contribution in [3.63, 3.8) is 0 Å². The average Bonchev–Trinajstić information content (AvgIpc) is 2.23. The van der Waals surface area contributed by atoms with E-state index in [1.54, 1.807) is 0 Å². The van der Waals surface area contributed by atoms with Gasteiger partial charge in [0.25, 0.3) is 0 Å². The summed E-state index contributed by atoms with van der Waals surface area (Å²) < 4.78 is 22.3. The molecule has 1 rings (SSSR count). The normalized spacial score (nSPS) is 22.5. The van der Waals surface area contributed by atoms with E-state index in [1.165, 1.54) is 0 Å². The third-order valence-corrected chi connectivity index (χ3v) is 7.44. The van der Waals surface area contributed by atoms with Gasteiger partial charge in [-0.3, -0.25) is 9.13 Å². The van der Waals surface area contributed by atoms with Crippen LogP contribution in [0.1, 0.15) is 38.5 Å². The van der Waals surface area contributed by atoms with E-state index in [0.29, 0.717) is 12.8 Å². The average molecular weight is 317 g/mol. The molecule has 114 valence electrons. The summed E-state index contributed by atoms with van der Waals surface area (Å²) in [4.78, 5) is 36.0. The number of aliphatic hydroxyl groups is 1. The van der Waals surface area contributed by atoms with Crippen molar-refractivity contribution >= 4 is 15.2 Å². The van der Waals surface area contributed by atoms with Crippen molar-refractivity contribution in [1.82, 2.24) is 0 Å². The summed E-state index contributed by atoms with van der Waals surface area (Å²) in [6.45, 7) is 0. The van der Waals surface area contributed by atoms with Crippen LogP contribution in [0, 0.1) is 0 Å². The Morgan fingerprint density at radius 1 is 1.00 bits per heavy atom. The Bertz CT molecular complexity index is 375. The lowest BCUT2D eigenvalue weighted by molar-refractivity contribution is 0.0528. The maximum absolute atomic E-state index is 11.2. The molecule has 1 unspecified atom stereocenters. The lowest BCUT2D eigenvalue weighted by Crippen LogP contribution is -2.53. The van der Waals surface area contributed by atoms with E-state index < -0.39 is 38.7 Å². The predicted octanol–water partition coefficient (Wildman–Crippen LogP) is 0.0805. The molecule has 1 fully saturated rings. The van der Waals surface area contributed by atoms with Gasteiger partial charge >= 0.3 is 15.2 Å². The number of nitrogens with two attached hydrogens (primary N) is 1. The van der Waals surface area contributed by atoms with E-state index in [0.717, 1.165) is 19.3 Å². The van der Waals surface area contributed by atoms with Crippen molar-refractivity contribution in [1.29, 1.82) is 0 Å². The van der Waals surface area contributed by atoms with Crippen molar-refractivity contribution < 1.29 is 33.8 Å². The lowest BCUT2D eigenvalue weighted by Gasteiger charge is -2.39. The Morgan fingerprint density at radius 3 is 1.79 bits per heavy atom. The smallest absolute Gasteiger partial charge is 0.340 e. The van der Waals surface area contributed by atoms with Gasteiger partial charge < -0.3 is 30.4 Å². The van der Waals surface area contributed by atoms with E-state index in [4.69, 9.17) is 25.3 Å². The largest absolute Gasteiger partial charge is 0.391 e. The van der Waals surface area contributed by atoms with E-state index in [2.05, 4.69) is 0 Å². The van der Waals surface area contributed by atoms with Gasteiger partial charge in [-0.05, 0) is 12.8 Å². The minimum absolute atomic E-state index is 0.475. The highest BCUT2D eigenvalue weighted by Gasteiger charge is 2.47. The third-order valence-electron chi connectivity index (χ3n) is 3.66. The summed E-state index contributed by atoms with van der Waals surface area (Å²) in [7, 11) is -10.0. The van der Waals surface area contributed by atoms with Crippen LogP contribution in [0.3, 0.4) is 0 Å². The van der Waals surface area contributed by atoms with E-state index >= 15 is 0 Å². The van der Waals surface area contributed by atoms with E-state index in [1.807, 2.05) is 0 Å². The summed E-state index contributed by atoms with van der Waals surface area (Å²) in [5, 5.41) is 7.82. The quantitative estimate of drug-likeness (QED) is 0.388. The zero-order chi connectivity index (χ0) is 14.9. The maximum atomic E-state index is 11.2. The molecule has 0 aromatic rings. The minimum atomic E-state index is -5.01. The molecule has 0 aromatic carbocycles. The van der Waals surface area contributed by atoms with Crippen LogP contribution in [0.4, 0.5) is 0 Å². The lowest BCUT2D eigenvalue weighted by atomic mass is 9.78. The van der Waals surface area contributed by atoms with Crippen molar-refractivity contribution in [3.8, 4) is 0 Å². The monoisotopic (exact) mass is 317 g/mol. The van der Waals surface area contributed by atoms with Gasteiger partial charge in [0.2, 0.25) is 0 Å². The molecular formula is C9H21NO7P2.